The maximum Gasteiger partial charge on any atom is 0.387 e. The van der Waals surface area contributed by atoms with E-state index in [-0.39, 0.29) is 42.4 Å². The fourth-order valence-corrected chi connectivity index (χ4v) is 2.69. The molecule has 0 amide bonds. The van der Waals surface area contributed by atoms with Crippen molar-refractivity contribution in [2.24, 2.45) is 4.99 Å². The molecule has 0 aliphatic heterocycles. The lowest BCUT2D eigenvalue weighted by atomic mass is 10.1. The number of alkyl halides is 2. The lowest BCUT2D eigenvalue weighted by molar-refractivity contribution is -0.0498. The molecule has 0 radical (unpaired) electrons. The number of aliphatic hydroxyl groups excluding tert-OH is 1. The van der Waals surface area contributed by atoms with Gasteiger partial charge in [-0.1, -0.05) is 18.2 Å². The molecule has 0 bridgehead atoms. The predicted octanol–water partition coefficient (Wildman–Crippen LogP) is 3.97. The molecule has 2 unspecified atom stereocenters. The van der Waals surface area contributed by atoms with Crippen LogP contribution in [0.4, 0.5) is 8.78 Å². The molecule has 3 N–H and O–H groups in total. The van der Waals surface area contributed by atoms with Crippen LogP contribution in [-0.4, -0.2) is 50.5 Å². The highest BCUT2D eigenvalue weighted by atomic mass is 127. The van der Waals surface area contributed by atoms with Crippen molar-refractivity contribution in [3.8, 4) is 17.2 Å². The first-order chi connectivity index (χ1) is 14.9. The Labute approximate surface area is 204 Å². The van der Waals surface area contributed by atoms with Crippen LogP contribution in [0.25, 0.3) is 0 Å². The van der Waals surface area contributed by atoms with E-state index < -0.39 is 12.7 Å². The highest BCUT2D eigenvalue weighted by Gasteiger charge is 2.11. The smallest absolute Gasteiger partial charge is 0.387 e. The van der Waals surface area contributed by atoms with Crippen molar-refractivity contribution in [3.05, 3.63) is 54.1 Å². The zero-order valence-electron chi connectivity index (χ0n) is 18.3. The van der Waals surface area contributed by atoms with E-state index in [1.165, 1.54) is 24.3 Å². The molecule has 7 nitrogen and oxygen atoms in total. The standard InChI is InChI=1S/C22H29F2N3O4.HI/c1-4-25-22(26-13-15(2)30-19-7-5-6-18(12-19)29-3)27-14-20(28)16-8-10-17(11-9-16)31-21(23)24;/h5-12,15,20-21,28H,4,13-14H2,1-3H3,(H2,25,26,27);1H. The van der Waals surface area contributed by atoms with Crippen LogP contribution in [0.1, 0.15) is 25.5 Å². The Hall–Kier alpha value is -2.34. The minimum absolute atomic E-state index is 0. The van der Waals surface area contributed by atoms with E-state index in [0.717, 1.165) is 5.75 Å². The maximum atomic E-state index is 12.2. The number of hydrogen-bond donors (Lipinski definition) is 3. The third-order valence-corrected chi connectivity index (χ3v) is 4.19. The molecule has 2 rings (SSSR count). The number of nitrogens with one attached hydrogen (secondary N) is 2. The van der Waals surface area contributed by atoms with E-state index in [1.807, 2.05) is 38.1 Å². The van der Waals surface area contributed by atoms with Gasteiger partial charge in [0.05, 0.1) is 26.3 Å². The summed E-state index contributed by atoms with van der Waals surface area (Å²) in [6, 6.07) is 13.2. The van der Waals surface area contributed by atoms with Crippen LogP contribution in [0.3, 0.4) is 0 Å². The fourth-order valence-electron chi connectivity index (χ4n) is 2.69. The molecule has 0 saturated carbocycles. The minimum Gasteiger partial charge on any atom is -0.497 e. The van der Waals surface area contributed by atoms with Crippen molar-refractivity contribution in [3.63, 3.8) is 0 Å². The summed E-state index contributed by atoms with van der Waals surface area (Å²) in [6.07, 6.45) is -1.04. The average Bonchev–Trinajstić information content (AvgIpc) is 2.75. The molecule has 2 atom stereocenters. The first-order valence-electron chi connectivity index (χ1n) is 9.97. The van der Waals surface area contributed by atoms with Crippen molar-refractivity contribution in [1.29, 1.82) is 0 Å². The van der Waals surface area contributed by atoms with E-state index in [2.05, 4.69) is 20.4 Å². The Bertz CT molecular complexity index is 825. The molecular weight excluding hydrogens is 535 g/mol. The molecule has 10 heteroatoms. The second-order valence-electron chi connectivity index (χ2n) is 6.67. The molecule has 0 fully saturated rings. The van der Waals surface area contributed by atoms with Crippen LogP contribution in [0.2, 0.25) is 0 Å². The Morgan fingerprint density at radius 2 is 1.72 bits per heavy atom. The Balaban J connectivity index is 0.00000512. The molecular formula is C22H30F2IN3O4. The third-order valence-electron chi connectivity index (χ3n) is 4.19. The largest absolute Gasteiger partial charge is 0.497 e. The van der Waals surface area contributed by atoms with Crippen molar-refractivity contribution >= 4 is 29.9 Å². The number of ether oxygens (including phenoxy) is 3. The molecule has 0 aliphatic carbocycles. The number of rotatable bonds is 11. The highest BCUT2D eigenvalue weighted by Crippen LogP contribution is 2.20. The van der Waals surface area contributed by atoms with Gasteiger partial charge >= 0.3 is 6.61 Å². The molecule has 178 valence electrons. The first-order valence-corrected chi connectivity index (χ1v) is 9.97. The molecule has 0 spiro atoms. The highest BCUT2D eigenvalue weighted by molar-refractivity contribution is 14.0. The molecule has 0 aliphatic rings. The van der Waals surface area contributed by atoms with Gasteiger partial charge in [0.25, 0.3) is 0 Å². The average molecular weight is 565 g/mol. The van der Waals surface area contributed by atoms with Gasteiger partial charge in [-0.25, -0.2) is 0 Å². The van der Waals surface area contributed by atoms with Gasteiger partial charge in [0.2, 0.25) is 0 Å². The Morgan fingerprint density at radius 3 is 2.34 bits per heavy atom. The summed E-state index contributed by atoms with van der Waals surface area (Å²) >= 11 is 0. The predicted molar refractivity (Wildman–Crippen MR) is 131 cm³/mol. The van der Waals surface area contributed by atoms with E-state index in [0.29, 0.717) is 30.4 Å². The van der Waals surface area contributed by atoms with Crippen LogP contribution in [0.15, 0.2) is 53.5 Å². The summed E-state index contributed by atoms with van der Waals surface area (Å²) in [5.74, 6) is 1.98. The lowest BCUT2D eigenvalue weighted by Gasteiger charge is -2.18. The minimum atomic E-state index is -2.88. The van der Waals surface area contributed by atoms with Crippen LogP contribution in [0, 0.1) is 0 Å². The summed E-state index contributed by atoms with van der Waals surface area (Å²) in [6.45, 7) is 2.20. The summed E-state index contributed by atoms with van der Waals surface area (Å²) in [7, 11) is 1.60. The summed E-state index contributed by atoms with van der Waals surface area (Å²) < 4.78 is 39.8. The number of methoxy groups -OCH3 is 1. The van der Waals surface area contributed by atoms with Gasteiger partial charge in [-0.05, 0) is 43.7 Å². The fraction of sp³-hybridized carbons (Fsp3) is 0.409. The van der Waals surface area contributed by atoms with Crippen molar-refractivity contribution in [1.82, 2.24) is 10.6 Å². The summed E-state index contributed by atoms with van der Waals surface area (Å²) in [5.41, 5.74) is 0.552. The number of aliphatic hydroxyl groups is 1. The number of benzene rings is 2. The van der Waals surface area contributed by atoms with E-state index in [1.54, 1.807) is 7.11 Å². The summed E-state index contributed by atoms with van der Waals surface area (Å²) in [5, 5.41) is 16.6. The molecule has 0 aromatic heterocycles. The second kappa shape index (κ2) is 14.7. The Morgan fingerprint density at radius 1 is 1.03 bits per heavy atom. The number of guanidine groups is 1. The number of nitrogens with zero attached hydrogens (tertiary/aromatic N) is 1. The molecule has 0 saturated heterocycles. The maximum absolute atomic E-state index is 12.2. The van der Waals surface area contributed by atoms with E-state index in [9.17, 15) is 13.9 Å². The number of aliphatic imine (C=N–C) groups is 1. The van der Waals surface area contributed by atoms with E-state index >= 15 is 0 Å². The monoisotopic (exact) mass is 565 g/mol. The quantitative estimate of drug-likeness (QED) is 0.217. The molecule has 32 heavy (non-hydrogen) atoms. The van der Waals surface area contributed by atoms with Gasteiger partial charge < -0.3 is 30.0 Å². The van der Waals surface area contributed by atoms with Gasteiger partial charge in [-0.2, -0.15) is 8.78 Å². The van der Waals surface area contributed by atoms with Crippen molar-refractivity contribution < 1.29 is 28.1 Å². The molecule has 2 aromatic rings. The van der Waals surface area contributed by atoms with E-state index in [4.69, 9.17) is 9.47 Å². The topological polar surface area (TPSA) is 84.3 Å². The van der Waals surface area contributed by atoms with Crippen LogP contribution < -0.4 is 24.8 Å². The first kappa shape index (κ1) is 27.7. The number of halogens is 3. The summed E-state index contributed by atoms with van der Waals surface area (Å²) in [4.78, 5) is 4.38. The van der Waals surface area contributed by atoms with Gasteiger partial charge in [0.15, 0.2) is 5.96 Å². The van der Waals surface area contributed by atoms with Gasteiger partial charge in [-0.15, -0.1) is 24.0 Å². The molecule has 0 heterocycles. The van der Waals surface area contributed by atoms with Crippen LogP contribution >= 0.6 is 24.0 Å². The number of hydrogen-bond acceptors (Lipinski definition) is 5. The van der Waals surface area contributed by atoms with Crippen molar-refractivity contribution in [2.75, 3.05) is 26.7 Å². The normalized spacial score (nSPS) is 13.0. The molecule has 2 aromatic carbocycles. The van der Waals surface area contributed by atoms with Crippen LogP contribution in [0.5, 0.6) is 17.2 Å². The SMILES string of the molecule is CCNC(=NCC(O)c1ccc(OC(F)F)cc1)NCC(C)Oc1cccc(OC)c1.I. The zero-order chi connectivity index (χ0) is 22.6. The van der Waals surface area contributed by atoms with Gasteiger partial charge in [0, 0.05) is 12.6 Å². The van der Waals surface area contributed by atoms with Crippen molar-refractivity contribution in [2.45, 2.75) is 32.7 Å². The van der Waals surface area contributed by atoms with Gasteiger partial charge in [0.1, 0.15) is 23.4 Å². The Kier molecular flexibility index (Phi) is 12.7. The van der Waals surface area contributed by atoms with Crippen LogP contribution in [-0.2, 0) is 0 Å². The third kappa shape index (κ3) is 9.86. The zero-order valence-corrected chi connectivity index (χ0v) is 20.6. The second-order valence-corrected chi connectivity index (χ2v) is 6.67. The van der Waals surface area contributed by atoms with Gasteiger partial charge in [-0.3, -0.25) is 4.99 Å². The lowest BCUT2D eigenvalue weighted by Crippen LogP contribution is -2.42.